The Morgan fingerprint density at radius 2 is 2.14 bits per heavy atom. The summed E-state index contributed by atoms with van der Waals surface area (Å²) in [7, 11) is 0. The van der Waals surface area contributed by atoms with Gasteiger partial charge in [0.1, 0.15) is 30.0 Å². The zero-order chi connectivity index (χ0) is 15.1. The Kier molecular flexibility index (Phi) is 5.71. The van der Waals surface area contributed by atoms with Crippen LogP contribution in [0.1, 0.15) is 18.6 Å². The minimum absolute atomic E-state index is 0.129. The Hall–Kier alpha value is -1.92. The van der Waals surface area contributed by atoms with Gasteiger partial charge in [0.05, 0.1) is 12.7 Å². The fraction of sp³-hybridized carbons (Fsp3) is 0.400. The quantitative estimate of drug-likeness (QED) is 0.778. The van der Waals surface area contributed by atoms with Gasteiger partial charge in [0.15, 0.2) is 0 Å². The molecule has 0 radical (unpaired) electrons. The number of rotatable bonds is 8. The van der Waals surface area contributed by atoms with E-state index in [4.69, 9.17) is 9.15 Å². The molecule has 0 bridgehead atoms. The van der Waals surface area contributed by atoms with Gasteiger partial charge in [-0.05, 0) is 24.3 Å². The van der Waals surface area contributed by atoms with Gasteiger partial charge in [-0.3, -0.25) is 0 Å². The number of aliphatic hydroxyl groups excluding tert-OH is 1. The number of hydrogen-bond acceptors (Lipinski definition) is 5. The molecule has 1 aromatic carbocycles. The first-order valence-electron chi connectivity index (χ1n) is 6.88. The maximum Gasteiger partial charge on any atom is 0.208 e. The van der Waals surface area contributed by atoms with E-state index >= 15 is 0 Å². The highest BCUT2D eigenvalue weighted by atomic mass is 19.1. The minimum atomic E-state index is -0.671. The average Bonchev–Trinajstić information content (AvgIpc) is 2.95. The summed E-state index contributed by atoms with van der Waals surface area (Å²) in [5.41, 5.74) is 0. The Bertz CT molecular complexity index is 542. The van der Waals surface area contributed by atoms with Gasteiger partial charge in [0.2, 0.25) is 5.89 Å². The summed E-state index contributed by atoms with van der Waals surface area (Å²) in [5.74, 6) is 1.64. The summed E-state index contributed by atoms with van der Waals surface area (Å²) in [5, 5.41) is 12.8. The number of aryl methyl sites for hydroxylation is 1. The summed E-state index contributed by atoms with van der Waals surface area (Å²) < 4.78 is 23.5. The molecule has 1 atom stereocenters. The van der Waals surface area contributed by atoms with Crippen molar-refractivity contribution in [2.45, 2.75) is 26.0 Å². The molecule has 0 aliphatic rings. The third-order valence-corrected chi connectivity index (χ3v) is 2.86. The van der Waals surface area contributed by atoms with Crippen molar-refractivity contribution >= 4 is 0 Å². The normalized spacial score (nSPS) is 12.3. The number of halogens is 1. The van der Waals surface area contributed by atoms with Crippen LogP contribution in [0.15, 0.2) is 34.9 Å². The van der Waals surface area contributed by atoms with Crippen molar-refractivity contribution in [3.8, 4) is 5.75 Å². The van der Waals surface area contributed by atoms with E-state index in [2.05, 4.69) is 10.3 Å². The fourth-order valence-corrected chi connectivity index (χ4v) is 1.72. The summed E-state index contributed by atoms with van der Waals surface area (Å²) in [6.07, 6.45) is 1.84. The maximum absolute atomic E-state index is 12.7. The second kappa shape index (κ2) is 7.75. The number of aliphatic hydroxyl groups is 1. The maximum atomic E-state index is 12.7. The highest BCUT2D eigenvalue weighted by Gasteiger charge is 2.07. The molecule has 1 unspecified atom stereocenters. The Morgan fingerprint density at radius 3 is 2.81 bits per heavy atom. The molecule has 2 rings (SSSR count). The van der Waals surface area contributed by atoms with E-state index in [1.807, 2.05) is 6.92 Å². The van der Waals surface area contributed by atoms with E-state index in [1.54, 1.807) is 6.20 Å². The van der Waals surface area contributed by atoms with E-state index in [1.165, 1.54) is 24.3 Å². The van der Waals surface area contributed by atoms with Crippen molar-refractivity contribution in [3.05, 3.63) is 47.9 Å². The van der Waals surface area contributed by atoms with Crippen LogP contribution in [-0.2, 0) is 13.0 Å². The number of aromatic nitrogens is 1. The van der Waals surface area contributed by atoms with Gasteiger partial charge in [-0.1, -0.05) is 6.92 Å². The lowest BCUT2D eigenvalue weighted by molar-refractivity contribution is 0.105. The zero-order valence-corrected chi connectivity index (χ0v) is 11.9. The SMILES string of the molecule is CCc1cnc(CNCC(O)COc2ccc(F)cc2)o1. The molecule has 1 heterocycles. The molecule has 0 amide bonds. The van der Waals surface area contributed by atoms with Crippen LogP contribution in [0, 0.1) is 5.82 Å². The van der Waals surface area contributed by atoms with Gasteiger partial charge in [-0.15, -0.1) is 0 Å². The first-order valence-corrected chi connectivity index (χ1v) is 6.88. The van der Waals surface area contributed by atoms with Gasteiger partial charge < -0.3 is 19.6 Å². The molecule has 0 fully saturated rings. The van der Waals surface area contributed by atoms with Crippen LogP contribution in [0.5, 0.6) is 5.75 Å². The lowest BCUT2D eigenvalue weighted by Crippen LogP contribution is -2.31. The standard InChI is InChI=1S/C15H19FN2O3/c1-2-13-8-18-15(21-13)9-17-7-12(19)10-20-14-5-3-11(16)4-6-14/h3-6,8,12,17,19H,2,7,9-10H2,1H3. The molecule has 2 aromatic rings. The van der Waals surface area contributed by atoms with Crippen LogP contribution >= 0.6 is 0 Å². The number of nitrogens with one attached hydrogen (secondary N) is 1. The van der Waals surface area contributed by atoms with Gasteiger partial charge in [0.25, 0.3) is 0 Å². The predicted molar refractivity (Wildman–Crippen MR) is 75.5 cm³/mol. The first-order chi connectivity index (χ1) is 10.2. The van der Waals surface area contributed by atoms with Crippen LogP contribution in [0.3, 0.4) is 0 Å². The summed E-state index contributed by atoms with van der Waals surface area (Å²) in [4.78, 5) is 4.11. The number of hydrogen-bond donors (Lipinski definition) is 2. The average molecular weight is 294 g/mol. The second-order valence-electron chi connectivity index (χ2n) is 4.62. The fourth-order valence-electron chi connectivity index (χ4n) is 1.72. The molecule has 21 heavy (non-hydrogen) atoms. The molecule has 0 saturated carbocycles. The van der Waals surface area contributed by atoms with E-state index in [9.17, 15) is 9.50 Å². The summed E-state index contributed by atoms with van der Waals surface area (Å²) >= 11 is 0. The third kappa shape index (κ3) is 5.17. The third-order valence-electron chi connectivity index (χ3n) is 2.86. The van der Waals surface area contributed by atoms with Crippen molar-refractivity contribution in [3.63, 3.8) is 0 Å². The molecule has 114 valence electrons. The van der Waals surface area contributed by atoms with Crippen LogP contribution in [0.2, 0.25) is 0 Å². The minimum Gasteiger partial charge on any atom is -0.491 e. The lowest BCUT2D eigenvalue weighted by atomic mass is 10.3. The molecule has 6 heteroatoms. The highest BCUT2D eigenvalue weighted by molar-refractivity contribution is 5.22. The monoisotopic (exact) mass is 294 g/mol. The van der Waals surface area contributed by atoms with E-state index < -0.39 is 6.10 Å². The predicted octanol–water partition coefficient (Wildman–Crippen LogP) is 1.91. The number of oxazole rings is 1. The van der Waals surface area contributed by atoms with Crippen LogP contribution < -0.4 is 10.1 Å². The van der Waals surface area contributed by atoms with Crippen molar-refractivity contribution in [2.75, 3.05) is 13.2 Å². The molecular weight excluding hydrogens is 275 g/mol. The summed E-state index contributed by atoms with van der Waals surface area (Å²) in [6, 6.07) is 5.67. The molecule has 1 aromatic heterocycles. The molecule has 0 saturated heterocycles. The van der Waals surface area contributed by atoms with Crippen LogP contribution in [-0.4, -0.2) is 29.3 Å². The Labute approximate surface area is 122 Å². The van der Waals surface area contributed by atoms with E-state index in [-0.39, 0.29) is 12.4 Å². The van der Waals surface area contributed by atoms with Gasteiger partial charge in [-0.25, -0.2) is 9.37 Å². The van der Waals surface area contributed by atoms with Crippen molar-refractivity contribution in [1.82, 2.24) is 10.3 Å². The molecule has 5 nitrogen and oxygen atoms in total. The van der Waals surface area contributed by atoms with Gasteiger partial charge in [0, 0.05) is 13.0 Å². The van der Waals surface area contributed by atoms with E-state index in [0.717, 1.165) is 12.2 Å². The van der Waals surface area contributed by atoms with Crippen LogP contribution in [0.25, 0.3) is 0 Å². The molecule has 2 N–H and O–H groups in total. The van der Waals surface area contributed by atoms with Gasteiger partial charge >= 0.3 is 0 Å². The summed E-state index contributed by atoms with van der Waals surface area (Å²) in [6.45, 7) is 2.93. The van der Waals surface area contributed by atoms with E-state index in [0.29, 0.717) is 24.7 Å². The first kappa shape index (κ1) is 15.5. The van der Waals surface area contributed by atoms with Crippen LogP contribution in [0.4, 0.5) is 4.39 Å². The second-order valence-corrected chi connectivity index (χ2v) is 4.62. The lowest BCUT2D eigenvalue weighted by Gasteiger charge is -2.12. The zero-order valence-electron chi connectivity index (χ0n) is 11.9. The Morgan fingerprint density at radius 1 is 1.38 bits per heavy atom. The smallest absolute Gasteiger partial charge is 0.208 e. The molecule has 0 aliphatic carbocycles. The molecule has 0 aliphatic heterocycles. The molecular formula is C15H19FN2O3. The van der Waals surface area contributed by atoms with Crippen molar-refractivity contribution in [1.29, 1.82) is 0 Å². The number of ether oxygens (including phenoxy) is 1. The van der Waals surface area contributed by atoms with Crippen molar-refractivity contribution in [2.24, 2.45) is 0 Å². The van der Waals surface area contributed by atoms with Gasteiger partial charge in [-0.2, -0.15) is 0 Å². The van der Waals surface area contributed by atoms with Crippen molar-refractivity contribution < 1.29 is 18.7 Å². The number of nitrogens with zero attached hydrogens (tertiary/aromatic N) is 1. The largest absolute Gasteiger partial charge is 0.491 e. The molecule has 0 spiro atoms. The topological polar surface area (TPSA) is 67.5 Å². The highest BCUT2D eigenvalue weighted by Crippen LogP contribution is 2.11. The number of benzene rings is 1. The Balaban J connectivity index is 1.65.